The number of hydrogen-bond acceptors (Lipinski definition) is 5. The minimum absolute atomic E-state index is 0.101. The Morgan fingerprint density at radius 3 is 2.70 bits per heavy atom. The minimum atomic E-state index is -3.52. The van der Waals surface area contributed by atoms with Gasteiger partial charge in [-0.15, -0.1) is 0 Å². The van der Waals surface area contributed by atoms with E-state index >= 15 is 0 Å². The van der Waals surface area contributed by atoms with Crippen LogP contribution in [0.1, 0.15) is 31.2 Å². The first-order valence-corrected chi connectivity index (χ1v) is 13.9. The van der Waals surface area contributed by atoms with Gasteiger partial charge in [0.15, 0.2) is 5.16 Å². The minimum Gasteiger partial charge on any atom is -0.376 e. The van der Waals surface area contributed by atoms with E-state index in [1.165, 1.54) is 23.9 Å². The highest BCUT2D eigenvalue weighted by Crippen LogP contribution is 2.32. The van der Waals surface area contributed by atoms with Crippen molar-refractivity contribution in [3.8, 4) is 0 Å². The lowest BCUT2D eigenvalue weighted by molar-refractivity contribution is 0.0960. The second-order valence-electron chi connectivity index (χ2n) is 8.43. The van der Waals surface area contributed by atoms with Crippen LogP contribution >= 0.6 is 23.4 Å². The number of thioether (sulfide) groups is 1. The van der Waals surface area contributed by atoms with Crippen molar-refractivity contribution in [2.24, 2.45) is 0 Å². The Kier molecular flexibility index (Phi) is 6.68. The van der Waals surface area contributed by atoms with Gasteiger partial charge in [0.05, 0.1) is 28.6 Å². The van der Waals surface area contributed by atoms with Crippen molar-refractivity contribution in [3.63, 3.8) is 0 Å². The quantitative estimate of drug-likeness (QED) is 0.415. The molecule has 5 rings (SSSR count). The molecule has 0 bridgehead atoms. The number of fused-ring (bicyclic) bond motifs is 1. The molecule has 0 radical (unpaired) electrons. The van der Waals surface area contributed by atoms with Crippen molar-refractivity contribution in [1.29, 1.82) is 0 Å². The number of aromatic nitrogens is 2. The van der Waals surface area contributed by atoms with E-state index in [0.717, 1.165) is 48.5 Å². The highest BCUT2D eigenvalue weighted by atomic mass is 35.5. The first kappa shape index (κ1) is 23.1. The molecule has 1 aromatic heterocycles. The van der Waals surface area contributed by atoms with Gasteiger partial charge >= 0.3 is 0 Å². The number of sulfonamides is 1. The molecular weight excluding hydrogens is 485 g/mol. The summed E-state index contributed by atoms with van der Waals surface area (Å²) in [6.45, 7) is 2.53. The largest absolute Gasteiger partial charge is 0.376 e. The summed E-state index contributed by atoms with van der Waals surface area (Å²) >= 11 is 7.71. The van der Waals surface area contributed by atoms with E-state index in [9.17, 15) is 12.8 Å². The van der Waals surface area contributed by atoms with Gasteiger partial charge in [0.1, 0.15) is 5.82 Å². The van der Waals surface area contributed by atoms with Gasteiger partial charge in [-0.2, -0.15) is 4.31 Å². The Labute approximate surface area is 202 Å². The zero-order chi connectivity index (χ0) is 23.0. The van der Waals surface area contributed by atoms with Gasteiger partial charge in [0, 0.05) is 30.5 Å². The Hall–Kier alpha value is -1.65. The van der Waals surface area contributed by atoms with Crippen LogP contribution in [0.3, 0.4) is 0 Å². The van der Waals surface area contributed by atoms with Crippen molar-refractivity contribution in [3.05, 3.63) is 52.8 Å². The van der Waals surface area contributed by atoms with Gasteiger partial charge in [-0.25, -0.2) is 17.8 Å². The van der Waals surface area contributed by atoms with Crippen LogP contribution in [0.2, 0.25) is 5.02 Å². The fraction of sp³-hybridized carbons (Fsp3) is 0.435. The van der Waals surface area contributed by atoms with Crippen molar-refractivity contribution in [2.45, 2.75) is 54.1 Å². The topological polar surface area (TPSA) is 64.4 Å². The average molecular weight is 510 g/mol. The molecule has 10 heteroatoms. The van der Waals surface area contributed by atoms with Gasteiger partial charge in [-0.1, -0.05) is 29.4 Å². The molecule has 2 aromatic carbocycles. The summed E-state index contributed by atoms with van der Waals surface area (Å²) in [5.41, 5.74) is 2.33. The molecule has 0 amide bonds. The van der Waals surface area contributed by atoms with Crippen LogP contribution in [0, 0.1) is 5.82 Å². The third-order valence-electron chi connectivity index (χ3n) is 6.17. The number of benzene rings is 2. The third-order valence-corrected chi connectivity index (χ3v) is 9.44. The zero-order valence-electron chi connectivity index (χ0n) is 18.0. The first-order valence-electron chi connectivity index (χ1n) is 11.1. The number of imidazole rings is 1. The number of ether oxygens (including phenoxy) is 1. The number of rotatable bonds is 7. The van der Waals surface area contributed by atoms with Gasteiger partial charge in [-0.3, -0.25) is 0 Å². The van der Waals surface area contributed by atoms with Crippen LogP contribution < -0.4 is 0 Å². The second kappa shape index (κ2) is 9.54. The summed E-state index contributed by atoms with van der Waals surface area (Å²) in [5.74, 6) is 0.151. The molecular formula is C23H25ClFN3O3S2. The van der Waals surface area contributed by atoms with E-state index in [0.29, 0.717) is 35.9 Å². The zero-order valence-corrected chi connectivity index (χ0v) is 20.4. The standard InChI is InChI=1S/C23H25ClFN3O3S2/c24-20-12-17(25)6-5-16(20)15-32-23-26-21-13-19(33(29,30)27-9-1-2-10-27)7-8-22(21)28(23)14-18-4-3-11-31-18/h5-8,12-13,18H,1-4,9-11,14-15H2. The lowest BCUT2D eigenvalue weighted by atomic mass is 10.2. The van der Waals surface area contributed by atoms with Crippen molar-refractivity contribution >= 4 is 44.4 Å². The lowest BCUT2D eigenvalue weighted by Crippen LogP contribution is -2.27. The molecule has 33 heavy (non-hydrogen) atoms. The van der Waals surface area contributed by atoms with Crippen LogP contribution in [-0.4, -0.2) is 48.1 Å². The van der Waals surface area contributed by atoms with Crippen LogP contribution in [0.5, 0.6) is 0 Å². The Morgan fingerprint density at radius 1 is 1.15 bits per heavy atom. The van der Waals surface area contributed by atoms with Crippen LogP contribution in [0.4, 0.5) is 4.39 Å². The van der Waals surface area contributed by atoms with Crippen molar-refractivity contribution < 1.29 is 17.5 Å². The summed E-state index contributed by atoms with van der Waals surface area (Å²) in [5, 5.41) is 1.14. The summed E-state index contributed by atoms with van der Waals surface area (Å²) in [4.78, 5) is 5.06. The maximum absolute atomic E-state index is 13.4. The maximum Gasteiger partial charge on any atom is 0.243 e. The van der Waals surface area contributed by atoms with Crippen molar-refractivity contribution in [2.75, 3.05) is 19.7 Å². The van der Waals surface area contributed by atoms with Crippen LogP contribution in [0.25, 0.3) is 11.0 Å². The predicted molar refractivity (Wildman–Crippen MR) is 128 cm³/mol. The van der Waals surface area contributed by atoms with E-state index in [4.69, 9.17) is 21.3 Å². The van der Waals surface area contributed by atoms with Crippen molar-refractivity contribution in [1.82, 2.24) is 13.9 Å². The van der Waals surface area contributed by atoms with Crippen LogP contribution in [-0.2, 0) is 27.1 Å². The van der Waals surface area contributed by atoms with E-state index in [1.54, 1.807) is 22.5 Å². The van der Waals surface area contributed by atoms with Gasteiger partial charge in [0.25, 0.3) is 0 Å². The fourth-order valence-electron chi connectivity index (χ4n) is 4.39. The van der Waals surface area contributed by atoms with Crippen LogP contribution in [0.15, 0.2) is 46.5 Å². The smallest absolute Gasteiger partial charge is 0.243 e. The second-order valence-corrected chi connectivity index (χ2v) is 11.7. The number of halogens is 2. The molecule has 2 aliphatic heterocycles. The molecule has 176 valence electrons. The summed E-state index contributed by atoms with van der Waals surface area (Å²) in [7, 11) is -3.52. The van der Waals surface area contributed by atoms with E-state index < -0.39 is 10.0 Å². The maximum atomic E-state index is 13.4. The SMILES string of the molecule is O=S(=O)(c1ccc2c(c1)nc(SCc1ccc(F)cc1Cl)n2CC1CCCO1)N1CCCC1. The molecule has 0 spiro atoms. The van der Waals surface area contributed by atoms with Gasteiger partial charge in [-0.05, 0) is 61.6 Å². The normalized spacial score (nSPS) is 19.6. The molecule has 2 fully saturated rings. The fourth-order valence-corrected chi connectivity index (χ4v) is 7.26. The Balaban J connectivity index is 1.48. The molecule has 3 aromatic rings. The molecule has 1 unspecified atom stereocenters. The van der Waals surface area contributed by atoms with E-state index in [2.05, 4.69) is 4.57 Å². The predicted octanol–water partition coefficient (Wildman–Crippen LogP) is 5.08. The molecule has 6 nitrogen and oxygen atoms in total. The highest BCUT2D eigenvalue weighted by molar-refractivity contribution is 7.98. The molecule has 0 N–H and O–H groups in total. The molecule has 1 atom stereocenters. The molecule has 3 heterocycles. The van der Waals surface area contributed by atoms with Gasteiger partial charge < -0.3 is 9.30 Å². The monoisotopic (exact) mass is 509 g/mol. The number of nitrogens with zero attached hydrogens (tertiary/aromatic N) is 3. The Bertz CT molecular complexity index is 1270. The summed E-state index contributed by atoms with van der Waals surface area (Å²) < 4.78 is 49.0. The van der Waals surface area contributed by atoms with E-state index in [1.807, 2.05) is 6.07 Å². The average Bonchev–Trinajstić information content (AvgIpc) is 3.55. The lowest BCUT2D eigenvalue weighted by Gasteiger charge is -2.16. The molecule has 2 saturated heterocycles. The van der Waals surface area contributed by atoms with Gasteiger partial charge in [0.2, 0.25) is 10.0 Å². The molecule has 0 aliphatic carbocycles. The van der Waals surface area contributed by atoms with E-state index in [-0.39, 0.29) is 16.8 Å². The molecule has 2 aliphatic rings. The third kappa shape index (κ3) is 4.79. The summed E-state index contributed by atoms with van der Waals surface area (Å²) in [6.07, 6.45) is 3.90. The number of hydrogen-bond donors (Lipinski definition) is 0. The highest BCUT2D eigenvalue weighted by Gasteiger charge is 2.28. The molecule has 0 saturated carbocycles. The Morgan fingerprint density at radius 2 is 1.97 bits per heavy atom. The first-order chi connectivity index (χ1) is 15.9. The summed E-state index contributed by atoms with van der Waals surface area (Å²) in [6, 6.07) is 9.57.